The number of nitrogens with one attached hydrogen (secondary N) is 2. The highest BCUT2D eigenvalue weighted by Gasteiger charge is 2.18. The topological polar surface area (TPSA) is 71.8 Å². The van der Waals surface area contributed by atoms with Crippen molar-refractivity contribution in [2.45, 2.75) is 26.2 Å². The lowest BCUT2D eigenvalue weighted by atomic mass is 10.1. The van der Waals surface area contributed by atoms with E-state index in [9.17, 15) is 4.79 Å². The van der Waals surface area contributed by atoms with Crippen LogP contribution < -0.4 is 10.6 Å². The van der Waals surface area contributed by atoms with Crippen molar-refractivity contribution in [3.63, 3.8) is 0 Å². The Hall–Kier alpha value is -3.04. The molecule has 0 radical (unpaired) electrons. The fraction of sp³-hybridized carbons (Fsp3) is 0.154. The molecule has 6 nitrogen and oxygen atoms in total. The van der Waals surface area contributed by atoms with E-state index in [0.717, 1.165) is 27.7 Å². The fourth-order valence-corrected chi connectivity index (χ4v) is 5.69. The molecule has 5 rings (SSSR count). The number of carbonyl (C=O) groups is 1. The molecule has 5 aromatic rings. The molecule has 36 heavy (non-hydrogen) atoms. The van der Waals surface area contributed by atoms with Crippen LogP contribution in [0.3, 0.4) is 0 Å². The van der Waals surface area contributed by atoms with Gasteiger partial charge in [0.05, 0.1) is 10.7 Å². The molecule has 0 fully saturated rings. The number of thiophene rings is 1. The van der Waals surface area contributed by atoms with E-state index in [2.05, 4.69) is 39.9 Å². The van der Waals surface area contributed by atoms with Gasteiger partial charge in [0.2, 0.25) is 0 Å². The van der Waals surface area contributed by atoms with Crippen LogP contribution in [0.2, 0.25) is 10.0 Å². The Morgan fingerprint density at radius 1 is 1.03 bits per heavy atom. The van der Waals surface area contributed by atoms with E-state index in [1.807, 2.05) is 30.3 Å². The first kappa shape index (κ1) is 24.6. The van der Waals surface area contributed by atoms with Crippen molar-refractivity contribution in [1.82, 2.24) is 20.3 Å². The van der Waals surface area contributed by atoms with Crippen molar-refractivity contribution in [1.29, 1.82) is 0 Å². The third-order valence-corrected chi connectivity index (χ3v) is 7.74. The molecule has 0 bridgehead atoms. The van der Waals surface area contributed by atoms with E-state index in [1.54, 1.807) is 23.0 Å². The summed E-state index contributed by atoms with van der Waals surface area (Å²) in [4.78, 5) is 14.8. The Kier molecular flexibility index (Phi) is 7.20. The lowest BCUT2D eigenvalue weighted by Crippen LogP contribution is -2.33. The standard InChI is InChI=1S/C26H21Cl2N5OS2/c1-2-3-4-15-5-9-18(10-6-15)33-31-20-12-8-17(14-21(20)32-33)29-26(35)30-25(34)24-23(28)19-11-7-16(27)13-22(19)36-24/h5-14H,2-4H2,1H3,(H2,29,30,34,35). The predicted molar refractivity (Wildman–Crippen MR) is 153 cm³/mol. The Balaban J connectivity index is 1.28. The molecule has 1 amide bonds. The summed E-state index contributed by atoms with van der Waals surface area (Å²) in [7, 11) is 0. The number of hydrogen-bond donors (Lipinski definition) is 2. The molecule has 0 spiro atoms. The number of thiocarbonyl (C=S) groups is 1. The second-order valence-electron chi connectivity index (χ2n) is 8.26. The minimum Gasteiger partial charge on any atom is -0.332 e. The van der Waals surface area contributed by atoms with Crippen LogP contribution in [0.15, 0.2) is 60.7 Å². The van der Waals surface area contributed by atoms with Gasteiger partial charge in [0.25, 0.3) is 5.91 Å². The van der Waals surface area contributed by atoms with Gasteiger partial charge in [-0.15, -0.1) is 21.5 Å². The lowest BCUT2D eigenvalue weighted by Gasteiger charge is -2.08. The smallest absolute Gasteiger partial charge is 0.269 e. The zero-order chi connectivity index (χ0) is 25.2. The van der Waals surface area contributed by atoms with Gasteiger partial charge < -0.3 is 5.32 Å². The number of nitrogens with zero attached hydrogens (tertiary/aromatic N) is 3. The molecule has 2 N–H and O–H groups in total. The Labute approximate surface area is 227 Å². The largest absolute Gasteiger partial charge is 0.332 e. The summed E-state index contributed by atoms with van der Waals surface area (Å²) in [6.45, 7) is 2.19. The minimum absolute atomic E-state index is 0.154. The molecular weight excluding hydrogens is 533 g/mol. The highest BCUT2D eigenvalue weighted by Crippen LogP contribution is 2.36. The number of anilines is 1. The maximum Gasteiger partial charge on any atom is 0.269 e. The van der Waals surface area contributed by atoms with Crippen LogP contribution in [-0.2, 0) is 6.42 Å². The summed E-state index contributed by atoms with van der Waals surface area (Å²) >= 11 is 19.1. The highest BCUT2D eigenvalue weighted by molar-refractivity contribution is 7.80. The van der Waals surface area contributed by atoms with Gasteiger partial charge in [0.1, 0.15) is 15.9 Å². The van der Waals surface area contributed by atoms with E-state index in [4.69, 9.17) is 35.4 Å². The fourth-order valence-electron chi connectivity index (χ4n) is 3.79. The molecule has 10 heteroatoms. The Morgan fingerprint density at radius 3 is 2.58 bits per heavy atom. The normalized spacial score (nSPS) is 11.2. The average Bonchev–Trinajstić information content (AvgIpc) is 3.43. The summed E-state index contributed by atoms with van der Waals surface area (Å²) in [5.74, 6) is -0.385. The molecule has 0 saturated carbocycles. The predicted octanol–water partition coefficient (Wildman–Crippen LogP) is 7.41. The van der Waals surface area contributed by atoms with E-state index in [-0.39, 0.29) is 11.0 Å². The number of aryl methyl sites for hydroxylation is 1. The third kappa shape index (κ3) is 5.22. The molecule has 0 aliphatic rings. The van der Waals surface area contributed by atoms with Crippen LogP contribution >= 0.6 is 46.8 Å². The number of rotatable bonds is 6. The molecule has 182 valence electrons. The van der Waals surface area contributed by atoms with Crippen molar-refractivity contribution in [3.05, 3.63) is 81.1 Å². The van der Waals surface area contributed by atoms with Crippen LogP contribution in [0.4, 0.5) is 5.69 Å². The van der Waals surface area contributed by atoms with Crippen molar-refractivity contribution in [2.24, 2.45) is 0 Å². The Morgan fingerprint density at radius 2 is 1.81 bits per heavy atom. The summed E-state index contributed by atoms with van der Waals surface area (Å²) in [6, 6.07) is 19.1. The van der Waals surface area contributed by atoms with Gasteiger partial charge in [-0.3, -0.25) is 10.1 Å². The first-order valence-electron chi connectivity index (χ1n) is 11.4. The van der Waals surface area contributed by atoms with Gasteiger partial charge in [-0.2, -0.15) is 4.80 Å². The summed E-state index contributed by atoms with van der Waals surface area (Å²) in [5.41, 5.74) is 4.34. The highest BCUT2D eigenvalue weighted by atomic mass is 35.5. The molecule has 0 saturated heterocycles. The van der Waals surface area contributed by atoms with Gasteiger partial charge in [0.15, 0.2) is 5.11 Å². The van der Waals surface area contributed by atoms with Gasteiger partial charge in [-0.1, -0.05) is 54.7 Å². The number of halogens is 2. The molecule has 0 unspecified atom stereocenters. The number of carbonyl (C=O) groups excluding carboxylic acids is 1. The molecule has 2 heterocycles. The van der Waals surface area contributed by atoms with Crippen LogP contribution in [0, 0.1) is 0 Å². The molecule has 3 aromatic carbocycles. The molecule has 2 aromatic heterocycles. The zero-order valence-electron chi connectivity index (χ0n) is 19.2. The number of unbranched alkanes of at least 4 members (excludes halogenated alkanes) is 1. The Bertz CT molecular complexity index is 1590. The van der Waals surface area contributed by atoms with E-state index < -0.39 is 0 Å². The maximum atomic E-state index is 12.8. The van der Waals surface area contributed by atoms with Gasteiger partial charge in [-0.25, -0.2) is 0 Å². The SMILES string of the molecule is CCCCc1ccc(-n2nc3ccc(NC(=S)NC(=O)c4sc5cc(Cl)ccc5c4Cl)cc3n2)cc1. The number of amides is 1. The molecule has 0 atom stereocenters. The maximum absolute atomic E-state index is 12.8. The quantitative estimate of drug-likeness (QED) is 0.214. The van der Waals surface area contributed by atoms with E-state index in [0.29, 0.717) is 26.1 Å². The first-order chi connectivity index (χ1) is 17.4. The number of hydrogen-bond acceptors (Lipinski definition) is 5. The van der Waals surface area contributed by atoms with Crippen LogP contribution in [0.5, 0.6) is 0 Å². The van der Waals surface area contributed by atoms with Crippen LogP contribution in [0.1, 0.15) is 35.0 Å². The van der Waals surface area contributed by atoms with Crippen LogP contribution in [0.25, 0.3) is 26.8 Å². The average molecular weight is 555 g/mol. The van der Waals surface area contributed by atoms with Crippen molar-refractivity contribution in [3.8, 4) is 5.69 Å². The second-order valence-corrected chi connectivity index (χ2v) is 10.5. The van der Waals surface area contributed by atoms with Crippen molar-refractivity contribution in [2.75, 3.05) is 5.32 Å². The number of benzene rings is 3. The lowest BCUT2D eigenvalue weighted by molar-refractivity contribution is 0.0982. The third-order valence-electron chi connectivity index (χ3n) is 5.65. The number of fused-ring (bicyclic) bond motifs is 2. The van der Waals surface area contributed by atoms with E-state index in [1.165, 1.54) is 29.7 Å². The molecule has 0 aliphatic carbocycles. The molecule has 0 aliphatic heterocycles. The second kappa shape index (κ2) is 10.5. The molecular formula is C26H21Cl2N5OS2. The summed E-state index contributed by atoms with van der Waals surface area (Å²) < 4.78 is 0.834. The minimum atomic E-state index is -0.385. The summed E-state index contributed by atoms with van der Waals surface area (Å²) in [6.07, 6.45) is 3.42. The van der Waals surface area contributed by atoms with Crippen molar-refractivity contribution < 1.29 is 4.79 Å². The zero-order valence-corrected chi connectivity index (χ0v) is 22.4. The van der Waals surface area contributed by atoms with E-state index >= 15 is 0 Å². The van der Waals surface area contributed by atoms with Gasteiger partial charge in [0, 0.05) is 20.8 Å². The first-order valence-corrected chi connectivity index (χ1v) is 13.4. The van der Waals surface area contributed by atoms with Crippen LogP contribution in [-0.4, -0.2) is 26.0 Å². The monoisotopic (exact) mass is 553 g/mol. The van der Waals surface area contributed by atoms with Gasteiger partial charge >= 0.3 is 0 Å². The van der Waals surface area contributed by atoms with Crippen molar-refractivity contribution >= 4 is 84.6 Å². The summed E-state index contributed by atoms with van der Waals surface area (Å²) in [5, 5.41) is 16.8. The van der Waals surface area contributed by atoms with Gasteiger partial charge in [-0.05, 0) is 73.1 Å². The number of aromatic nitrogens is 3.